The zero-order chi connectivity index (χ0) is 14.0. The molecule has 0 unspecified atom stereocenters. The highest BCUT2D eigenvalue weighted by molar-refractivity contribution is 5.90. The lowest BCUT2D eigenvalue weighted by Gasteiger charge is -2.07. The topological polar surface area (TPSA) is 85.8 Å². The number of nitrogen functional groups attached to an aromatic ring is 1. The molecule has 2 aromatic rings. The van der Waals surface area contributed by atoms with Crippen molar-refractivity contribution in [1.82, 2.24) is 14.8 Å². The van der Waals surface area contributed by atoms with E-state index in [-0.39, 0.29) is 18.1 Å². The van der Waals surface area contributed by atoms with E-state index in [4.69, 9.17) is 5.73 Å². The van der Waals surface area contributed by atoms with Crippen LogP contribution in [0.3, 0.4) is 0 Å². The third kappa shape index (κ3) is 3.06. The number of nitrogens with zero attached hydrogens (tertiary/aromatic N) is 3. The van der Waals surface area contributed by atoms with E-state index in [1.165, 1.54) is 22.9 Å². The van der Waals surface area contributed by atoms with Crippen LogP contribution in [0.4, 0.5) is 15.8 Å². The monoisotopic (exact) mass is 263 g/mol. The van der Waals surface area contributed by atoms with Crippen molar-refractivity contribution in [3.8, 4) is 0 Å². The molecule has 1 aromatic heterocycles. The van der Waals surface area contributed by atoms with Crippen molar-refractivity contribution in [2.75, 3.05) is 11.1 Å². The number of hydrogen-bond donors (Lipinski definition) is 2. The molecular formula is C12H14FN5O. The Bertz CT molecular complexity index is 623. The zero-order valence-corrected chi connectivity index (χ0v) is 10.6. The summed E-state index contributed by atoms with van der Waals surface area (Å²) in [4.78, 5) is 15.9. The Hall–Kier alpha value is -2.44. The Morgan fingerprint density at radius 1 is 1.47 bits per heavy atom. The minimum atomic E-state index is -0.513. The summed E-state index contributed by atoms with van der Waals surface area (Å²) in [5, 5.41) is 6.70. The van der Waals surface area contributed by atoms with Crippen LogP contribution in [0.1, 0.15) is 11.6 Å². The van der Waals surface area contributed by atoms with Crippen LogP contribution in [-0.2, 0) is 11.3 Å². The Balaban J connectivity index is 2.05. The Morgan fingerprint density at radius 2 is 2.21 bits per heavy atom. The molecule has 0 aliphatic rings. The summed E-state index contributed by atoms with van der Waals surface area (Å²) in [6, 6.07) is 4.02. The standard InChI is InChI=1S/C12H14FN5O/c1-7-15-8(2)18(17-7)6-12(19)16-9-3-4-10(13)11(14)5-9/h3-5H,6,14H2,1-2H3,(H,16,19). The first-order chi connectivity index (χ1) is 8.95. The smallest absolute Gasteiger partial charge is 0.246 e. The maximum Gasteiger partial charge on any atom is 0.246 e. The molecule has 0 saturated heterocycles. The summed E-state index contributed by atoms with van der Waals surface area (Å²) in [6.45, 7) is 3.56. The Morgan fingerprint density at radius 3 is 2.79 bits per heavy atom. The van der Waals surface area contributed by atoms with Crippen LogP contribution in [-0.4, -0.2) is 20.7 Å². The lowest BCUT2D eigenvalue weighted by atomic mass is 10.2. The van der Waals surface area contributed by atoms with Crippen molar-refractivity contribution in [1.29, 1.82) is 0 Å². The Labute approximate surface area is 109 Å². The number of anilines is 2. The zero-order valence-electron chi connectivity index (χ0n) is 10.6. The highest BCUT2D eigenvalue weighted by atomic mass is 19.1. The summed E-state index contributed by atoms with van der Waals surface area (Å²) in [6.07, 6.45) is 0. The van der Waals surface area contributed by atoms with E-state index in [2.05, 4.69) is 15.4 Å². The molecule has 0 fully saturated rings. The highest BCUT2D eigenvalue weighted by Gasteiger charge is 2.09. The predicted molar refractivity (Wildman–Crippen MR) is 68.9 cm³/mol. The maximum absolute atomic E-state index is 13.0. The van der Waals surface area contributed by atoms with Gasteiger partial charge in [-0.05, 0) is 32.0 Å². The van der Waals surface area contributed by atoms with Crippen LogP contribution in [0.15, 0.2) is 18.2 Å². The maximum atomic E-state index is 13.0. The average molecular weight is 263 g/mol. The first kappa shape index (κ1) is 13.0. The van der Waals surface area contributed by atoms with Crippen molar-refractivity contribution in [3.05, 3.63) is 35.7 Å². The van der Waals surface area contributed by atoms with Crippen molar-refractivity contribution in [2.24, 2.45) is 0 Å². The van der Waals surface area contributed by atoms with Crippen LogP contribution in [0.2, 0.25) is 0 Å². The molecule has 0 radical (unpaired) electrons. The van der Waals surface area contributed by atoms with Gasteiger partial charge in [-0.2, -0.15) is 5.10 Å². The number of aryl methyl sites for hydroxylation is 2. The van der Waals surface area contributed by atoms with E-state index in [9.17, 15) is 9.18 Å². The van der Waals surface area contributed by atoms with Gasteiger partial charge >= 0.3 is 0 Å². The molecule has 0 aliphatic heterocycles. The normalized spacial score (nSPS) is 10.5. The van der Waals surface area contributed by atoms with Crippen LogP contribution < -0.4 is 11.1 Å². The number of halogens is 1. The first-order valence-electron chi connectivity index (χ1n) is 5.68. The number of carbonyl (C=O) groups excluding carboxylic acids is 1. The molecule has 1 amide bonds. The van der Waals surface area contributed by atoms with E-state index in [1.54, 1.807) is 13.8 Å². The summed E-state index contributed by atoms with van der Waals surface area (Å²) < 4.78 is 14.5. The lowest BCUT2D eigenvalue weighted by molar-refractivity contribution is -0.116. The number of nitrogens with one attached hydrogen (secondary N) is 1. The van der Waals surface area contributed by atoms with Gasteiger partial charge in [-0.15, -0.1) is 0 Å². The third-order valence-electron chi connectivity index (χ3n) is 2.54. The third-order valence-corrected chi connectivity index (χ3v) is 2.54. The minimum Gasteiger partial charge on any atom is -0.396 e. The van der Waals surface area contributed by atoms with Crippen LogP contribution in [0.25, 0.3) is 0 Å². The molecule has 0 saturated carbocycles. The van der Waals surface area contributed by atoms with Gasteiger partial charge in [0.05, 0.1) is 5.69 Å². The number of rotatable bonds is 3. The molecule has 1 heterocycles. The Kier molecular flexibility index (Phi) is 3.46. The summed E-state index contributed by atoms with van der Waals surface area (Å²) >= 11 is 0. The second-order valence-corrected chi connectivity index (χ2v) is 4.15. The summed E-state index contributed by atoms with van der Waals surface area (Å²) in [5.41, 5.74) is 5.86. The van der Waals surface area contributed by atoms with Gasteiger partial charge in [0.2, 0.25) is 5.91 Å². The fraction of sp³-hybridized carbons (Fsp3) is 0.250. The lowest BCUT2D eigenvalue weighted by Crippen LogP contribution is -2.20. The van der Waals surface area contributed by atoms with Gasteiger partial charge in [0.1, 0.15) is 24.0 Å². The average Bonchev–Trinajstić information content (AvgIpc) is 2.62. The molecule has 7 heteroatoms. The summed E-state index contributed by atoms with van der Waals surface area (Å²) in [7, 11) is 0. The number of amides is 1. The van der Waals surface area contributed by atoms with Gasteiger partial charge < -0.3 is 11.1 Å². The molecule has 19 heavy (non-hydrogen) atoms. The van der Waals surface area contributed by atoms with E-state index in [0.717, 1.165) is 0 Å². The fourth-order valence-electron chi connectivity index (χ4n) is 1.67. The molecule has 6 nitrogen and oxygen atoms in total. The van der Waals surface area contributed by atoms with Crippen LogP contribution in [0.5, 0.6) is 0 Å². The predicted octanol–water partition coefficient (Wildman–Crippen LogP) is 1.25. The largest absolute Gasteiger partial charge is 0.396 e. The quantitative estimate of drug-likeness (QED) is 0.816. The molecule has 100 valence electrons. The number of nitrogens with two attached hydrogens (primary N) is 1. The SMILES string of the molecule is Cc1nc(C)n(CC(=O)Nc2ccc(F)c(N)c2)n1. The molecule has 0 aliphatic carbocycles. The molecule has 1 aromatic carbocycles. The van der Waals surface area contributed by atoms with E-state index >= 15 is 0 Å². The van der Waals surface area contributed by atoms with Gasteiger partial charge in [0, 0.05) is 5.69 Å². The number of benzene rings is 1. The molecule has 2 rings (SSSR count). The van der Waals surface area contributed by atoms with E-state index < -0.39 is 5.82 Å². The first-order valence-corrected chi connectivity index (χ1v) is 5.68. The second-order valence-electron chi connectivity index (χ2n) is 4.15. The number of hydrogen-bond acceptors (Lipinski definition) is 4. The van der Waals surface area contributed by atoms with Gasteiger partial charge in [0.15, 0.2) is 0 Å². The molecule has 0 spiro atoms. The number of aromatic nitrogens is 3. The van der Waals surface area contributed by atoms with Crippen molar-refractivity contribution in [3.63, 3.8) is 0 Å². The second kappa shape index (κ2) is 5.05. The number of carbonyl (C=O) groups is 1. The molecule has 0 bridgehead atoms. The van der Waals surface area contributed by atoms with Crippen LogP contribution in [0, 0.1) is 19.7 Å². The van der Waals surface area contributed by atoms with Crippen molar-refractivity contribution in [2.45, 2.75) is 20.4 Å². The van der Waals surface area contributed by atoms with E-state index in [1.807, 2.05) is 0 Å². The summed E-state index contributed by atoms with van der Waals surface area (Å²) in [5.74, 6) is 0.474. The van der Waals surface area contributed by atoms with Crippen molar-refractivity contribution < 1.29 is 9.18 Å². The van der Waals surface area contributed by atoms with Gasteiger partial charge in [-0.25, -0.2) is 14.1 Å². The van der Waals surface area contributed by atoms with Crippen LogP contribution >= 0.6 is 0 Å². The van der Waals surface area contributed by atoms with Gasteiger partial charge in [-0.3, -0.25) is 4.79 Å². The van der Waals surface area contributed by atoms with Crippen molar-refractivity contribution >= 4 is 17.3 Å². The van der Waals surface area contributed by atoms with Gasteiger partial charge in [0.25, 0.3) is 0 Å². The molecular weight excluding hydrogens is 249 g/mol. The molecule has 3 N–H and O–H groups in total. The molecule has 0 atom stereocenters. The van der Waals surface area contributed by atoms with Gasteiger partial charge in [-0.1, -0.05) is 0 Å². The fourth-order valence-corrected chi connectivity index (χ4v) is 1.67. The minimum absolute atomic E-state index is 0.00872. The van der Waals surface area contributed by atoms with E-state index in [0.29, 0.717) is 17.3 Å². The highest BCUT2D eigenvalue weighted by Crippen LogP contribution is 2.16.